The van der Waals surface area contributed by atoms with Gasteiger partial charge >= 0.3 is 6.03 Å². The molecular weight excluding hydrogens is 471 g/mol. The second-order valence-corrected chi connectivity index (χ2v) is 9.48. The van der Waals surface area contributed by atoms with Crippen molar-refractivity contribution >= 4 is 68.5 Å². The van der Waals surface area contributed by atoms with Crippen LogP contribution in [0.2, 0.25) is 10.0 Å². The number of anilines is 1. The van der Waals surface area contributed by atoms with Crippen molar-refractivity contribution in [1.82, 2.24) is 4.90 Å². The number of hydrogen-bond donors (Lipinski definition) is 0. The van der Waals surface area contributed by atoms with Crippen molar-refractivity contribution in [3.8, 4) is 0 Å². The zero-order valence-electron chi connectivity index (χ0n) is 14.1. The molecule has 2 aliphatic rings. The molecule has 27 heavy (non-hydrogen) atoms. The van der Waals surface area contributed by atoms with Gasteiger partial charge in [0.15, 0.2) is 0 Å². The van der Waals surface area contributed by atoms with E-state index in [2.05, 4.69) is 15.9 Å². The molecule has 0 bridgehead atoms. The van der Waals surface area contributed by atoms with Crippen LogP contribution < -0.4 is 4.90 Å². The lowest BCUT2D eigenvalue weighted by molar-refractivity contribution is -0.124. The maximum absolute atomic E-state index is 13.5. The molecule has 140 valence electrons. The number of amides is 3. The van der Waals surface area contributed by atoms with Crippen molar-refractivity contribution in [3.63, 3.8) is 0 Å². The summed E-state index contributed by atoms with van der Waals surface area (Å²) in [6.07, 6.45) is 0.475. The first kappa shape index (κ1) is 19.1. The quantitative estimate of drug-likeness (QED) is 0.557. The third-order valence-corrected chi connectivity index (χ3v) is 6.97. The third-order valence-electron chi connectivity index (χ3n) is 4.86. The fourth-order valence-corrected chi connectivity index (χ4v) is 5.57. The topological polar surface area (TPSA) is 40.6 Å². The van der Waals surface area contributed by atoms with Gasteiger partial charge < -0.3 is 4.90 Å². The highest BCUT2D eigenvalue weighted by molar-refractivity contribution is 9.10. The first-order chi connectivity index (χ1) is 12.9. The molecular formula is C19H15BrCl2N2O2S. The predicted octanol–water partition coefficient (Wildman–Crippen LogP) is 5.25. The van der Waals surface area contributed by atoms with Crippen LogP contribution in [0.25, 0.3) is 0 Å². The summed E-state index contributed by atoms with van der Waals surface area (Å²) >= 11 is 17.3. The smallest absolute Gasteiger partial charge is 0.307 e. The Morgan fingerprint density at radius 3 is 2.41 bits per heavy atom. The maximum atomic E-state index is 13.5. The van der Waals surface area contributed by atoms with E-state index in [1.165, 1.54) is 4.90 Å². The number of benzene rings is 2. The molecule has 2 aromatic carbocycles. The third kappa shape index (κ3) is 3.37. The van der Waals surface area contributed by atoms with Crippen molar-refractivity contribution in [2.45, 2.75) is 12.0 Å². The number of rotatable bonds is 3. The van der Waals surface area contributed by atoms with E-state index in [-0.39, 0.29) is 11.9 Å². The molecule has 0 spiro atoms. The monoisotopic (exact) mass is 484 g/mol. The van der Waals surface area contributed by atoms with E-state index in [9.17, 15) is 9.59 Å². The fraction of sp³-hybridized carbons (Fsp3) is 0.263. The molecule has 2 fully saturated rings. The molecule has 2 heterocycles. The maximum Gasteiger partial charge on any atom is 0.332 e. The lowest BCUT2D eigenvalue weighted by Crippen LogP contribution is -2.56. The molecule has 2 saturated heterocycles. The summed E-state index contributed by atoms with van der Waals surface area (Å²) in [5, 5.41) is 0.776. The minimum absolute atomic E-state index is 0.221. The van der Waals surface area contributed by atoms with Gasteiger partial charge in [0, 0.05) is 39.0 Å². The highest BCUT2D eigenvalue weighted by atomic mass is 79.9. The van der Waals surface area contributed by atoms with Crippen LogP contribution in [0.4, 0.5) is 10.5 Å². The molecule has 4 nitrogen and oxygen atoms in total. The Hall–Kier alpha value is -1.21. The molecule has 0 radical (unpaired) electrons. The number of carbonyl (C=O) groups is 2. The number of nitrogens with zero attached hydrogens (tertiary/aromatic N) is 2. The first-order valence-electron chi connectivity index (χ1n) is 8.35. The second-order valence-electron chi connectivity index (χ2n) is 6.59. The minimum atomic E-state index is -0.886. The first-order valence-corrected chi connectivity index (χ1v) is 11.1. The van der Waals surface area contributed by atoms with Crippen LogP contribution in [0.15, 0.2) is 46.9 Å². The van der Waals surface area contributed by atoms with Gasteiger partial charge in [-0.2, -0.15) is 11.8 Å². The number of thioether (sulfide) groups is 1. The second kappa shape index (κ2) is 7.32. The standard InChI is InChI=1S/C19H15BrCl2N2O2S/c20-13-3-1-12(2-4-13)10-19-11-27-6-5-23(19)18(26)24(17(19)25)16-8-14(21)7-15(22)9-16/h1-4,7-9H,5-6,10-11H2. The lowest BCUT2D eigenvalue weighted by atomic mass is 9.90. The number of hydrogen-bond acceptors (Lipinski definition) is 3. The Balaban J connectivity index is 1.76. The van der Waals surface area contributed by atoms with Crippen LogP contribution in [0, 0.1) is 0 Å². The summed E-state index contributed by atoms with van der Waals surface area (Å²) in [6, 6.07) is 12.3. The molecule has 1 atom stereocenters. The van der Waals surface area contributed by atoms with Gasteiger partial charge in [-0.3, -0.25) is 4.79 Å². The summed E-state index contributed by atoms with van der Waals surface area (Å²) in [6.45, 7) is 0.538. The Morgan fingerprint density at radius 1 is 1.07 bits per heavy atom. The van der Waals surface area contributed by atoms with Gasteiger partial charge in [0.2, 0.25) is 0 Å². The van der Waals surface area contributed by atoms with E-state index in [1.807, 2.05) is 24.3 Å². The van der Waals surface area contributed by atoms with Crippen LogP contribution >= 0.6 is 50.9 Å². The Bertz CT molecular complexity index is 904. The van der Waals surface area contributed by atoms with E-state index in [0.717, 1.165) is 15.8 Å². The van der Waals surface area contributed by atoms with Crippen molar-refractivity contribution in [1.29, 1.82) is 0 Å². The minimum Gasteiger partial charge on any atom is -0.307 e. The van der Waals surface area contributed by atoms with Crippen LogP contribution in [-0.4, -0.2) is 40.4 Å². The molecule has 4 rings (SSSR count). The normalized spacial score (nSPS) is 22.3. The van der Waals surface area contributed by atoms with Gasteiger partial charge in [0.05, 0.1) is 5.69 Å². The lowest BCUT2D eigenvalue weighted by Gasteiger charge is -2.38. The number of halogens is 3. The predicted molar refractivity (Wildman–Crippen MR) is 114 cm³/mol. The van der Waals surface area contributed by atoms with E-state index in [4.69, 9.17) is 23.2 Å². The van der Waals surface area contributed by atoms with Gasteiger partial charge in [-0.05, 0) is 35.9 Å². The van der Waals surface area contributed by atoms with Gasteiger partial charge in [-0.15, -0.1) is 0 Å². The van der Waals surface area contributed by atoms with Gasteiger partial charge in [-0.25, -0.2) is 9.69 Å². The molecule has 0 aromatic heterocycles. The molecule has 8 heteroatoms. The average Bonchev–Trinajstić information content (AvgIpc) is 2.84. The van der Waals surface area contributed by atoms with Gasteiger partial charge in [0.1, 0.15) is 5.54 Å². The van der Waals surface area contributed by atoms with Crippen molar-refractivity contribution in [3.05, 3.63) is 62.5 Å². The fourth-order valence-electron chi connectivity index (χ4n) is 3.62. The summed E-state index contributed by atoms with van der Waals surface area (Å²) in [5.74, 6) is 1.16. The number of urea groups is 1. The molecule has 2 aliphatic heterocycles. The summed E-state index contributed by atoms with van der Waals surface area (Å²) in [7, 11) is 0. The molecule has 0 aliphatic carbocycles. The summed E-state index contributed by atoms with van der Waals surface area (Å²) in [4.78, 5) is 29.6. The number of imide groups is 1. The largest absolute Gasteiger partial charge is 0.332 e. The van der Waals surface area contributed by atoms with Crippen LogP contribution in [0.5, 0.6) is 0 Å². The zero-order valence-corrected chi connectivity index (χ0v) is 18.0. The highest BCUT2D eigenvalue weighted by Crippen LogP contribution is 2.41. The summed E-state index contributed by atoms with van der Waals surface area (Å²) in [5.41, 5.74) is 0.540. The average molecular weight is 486 g/mol. The van der Waals surface area contributed by atoms with E-state index >= 15 is 0 Å². The van der Waals surface area contributed by atoms with E-state index in [0.29, 0.717) is 34.5 Å². The van der Waals surface area contributed by atoms with E-state index in [1.54, 1.807) is 34.9 Å². The summed E-state index contributed by atoms with van der Waals surface area (Å²) < 4.78 is 0.975. The van der Waals surface area contributed by atoms with Crippen LogP contribution in [0.3, 0.4) is 0 Å². The van der Waals surface area contributed by atoms with Crippen molar-refractivity contribution < 1.29 is 9.59 Å². The van der Waals surface area contributed by atoms with Gasteiger partial charge in [-0.1, -0.05) is 51.3 Å². The zero-order chi connectivity index (χ0) is 19.2. The molecule has 1 unspecified atom stereocenters. The molecule has 0 N–H and O–H groups in total. The number of carbonyl (C=O) groups excluding carboxylic acids is 2. The van der Waals surface area contributed by atoms with Crippen molar-refractivity contribution in [2.75, 3.05) is 23.0 Å². The Morgan fingerprint density at radius 2 is 1.74 bits per heavy atom. The molecule has 3 amide bonds. The van der Waals surface area contributed by atoms with Crippen LogP contribution in [0.1, 0.15) is 5.56 Å². The van der Waals surface area contributed by atoms with Crippen LogP contribution in [-0.2, 0) is 11.2 Å². The molecule has 2 aromatic rings. The van der Waals surface area contributed by atoms with E-state index < -0.39 is 5.54 Å². The molecule has 0 saturated carbocycles. The number of fused-ring (bicyclic) bond motifs is 1. The van der Waals surface area contributed by atoms with Crippen molar-refractivity contribution in [2.24, 2.45) is 0 Å². The SMILES string of the molecule is O=C1N(c2cc(Cl)cc(Cl)c2)C(=O)C2(Cc3ccc(Br)cc3)CSCCN12. The highest BCUT2D eigenvalue weighted by Gasteiger charge is 2.58. The van der Waals surface area contributed by atoms with Gasteiger partial charge in [0.25, 0.3) is 5.91 Å². The Kier molecular flexibility index (Phi) is 5.18. The Labute approximate surface area is 179 Å².